The summed E-state index contributed by atoms with van der Waals surface area (Å²) in [6.07, 6.45) is 6.45. The van der Waals surface area contributed by atoms with Crippen LogP contribution in [0.4, 0.5) is 0 Å². The number of hydrogen-bond donors (Lipinski definition) is 1. The summed E-state index contributed by atoms with van der Waals surface area (Å²) in [5, 5.41) is 0. The molecule has 2 saturated heterocycles. The lowest BCUT2D eigenvalue weighted by atomic mass is 9.75. The van der Waals surface area contributed by atoms with Gasteiger partial charge in [0.2, 0.25) is 5.91 Å². The highest BCUT2D eigenvalue weighted by molar-refractivity contribution is 5.91. The molecule has 1 N–H and O–H groups in total. The van der Waals surface area contributed by atoms with Gasteiger partial charge in [-0.3, -0.25) is 14.8 Å². The lowest BCUT2D eigenvalue weighted by molar-refractivity contribution is -0.908. The van der Waals surface area contributed by atoms with Crippen molar-refractivity contribution < 1.29 is 26.8 Å². The number of ether oxygens (including phenoxy) is 1. The highest BCUT2D eigenvalue weighted by Crippen LogP contribution is 2.36. The lowest BCUT2D eigenvalue weighted by Crippen LogP contribution is -3.14. The van der Waals surface area contributed by atoms with Crippen molar-refractivity contribution in [1.29, 1.82) is 0 Å². The van der Waals surface area contributed by atoms with E-state index < -0.39 is 5.41 Å². The molecule has 2 aromatic heterocycles. The molecule has 2 aliphatic heterocycles. The molecule has 0 radical (unpaired) electrons. The van der Waals surface area contributed by atoms with Gasteiger partial charge in [-0.05, 0) is 49.6 Å². The zero-order valence-corrected chi connectivity index (χ0v) is 18.4. The average molecular weight is 431 g/mol. The first-order valence-corrected chi connectivity index (χ1v) is 10.8. The number of nitrogens with one attached hydrogen (secondary N) is 1. The number of likely N-dealkylation sites (tertiary alicyclic amines) is 1. The zero-order chi connectivity index (χ0) is 20.1. The first-order chi connectivity index (χ1) is 14.2. The van der Waals surface area contributed by atoms with Crippen molar-refractivity contribution >= 4 is 5.91 Å². The van der Waals surface area contributed by atoms with Crippen molar-refractivity contribution in [3.63, 3.8) is 0 Å². The van der Waals surface area contributed by atoms with Gasteiger partial charge in [0.1, 0.15) is 18.5 Å². The molecule has 2 aromatic rings. The Morgan fingerprint density at radius 2 is 1.83 bits per heavy atom. The maximum atomic E-state index is 14.1. The van der Waals surface area contributed by atoms with Crippen molar-refractivity contribution in [3.05, 3.63) is 59.7 Å². The number of pyridine rings is 2. The quantitative estimate of drug-likeness (QED) is 0.576. The van der Waals surface area contributed by atoms with Gasteiger partial charge in [0.25, 0.3) is 0 Å². The van der Waals surface area contributed by atoms with Crippen molar-refractivity contribution in [2.45, 2.75) is 31.6 Å². The van der Waals surface area contributed by atoms with Crippen LogP contribution in [0.1, 0.15) is 36.2 Å². The number of morpholine rings is 1. The third-order valence-corrected chi connectivity index (χ3v) is 6.27. The highest BCUT2D eigenvalue weighted by Gasteiger charge is 2.48. The summed E-state index contributed by atoms with van der Waals surface area (Å²) in [6, 6.07) is 9.93. The summed E-state index contributed by atoms with van der Waals surface area (Å²) in [7, 11) is 0. The number of quaternary nitrogens is 1. The summed E-state index contributed by atoms with van der Waals surface area (Å²) in [6.45, 7) is 8.14. The normalized spacial score (nSPS) is 19.2. The van der Waals surface area contributed by atoms with Crippen molar-refractivity contribution in [3.8, 4) is 0 Å². The maximum absolute atomic E-state index is 14.1. The van der Waals surface area contributed by atoms with Gasteiger partial charge in [-0.25, -0.2) is 0 Å². The fourth-order valence-electron chi connectivity index (χ4n) is 4.56. The van der Waals surface area contributed by atoms with Gasteiger partial charge in [-0.2, -0.15) is 0 Å². The third kappa shape index (κ3) is 4.66. The number of carbonyl (C=O) groups is 1. The van der Waals surface area contributed by atoms with Crippen LogP contribution in [0.2, 0.25) is 0 Å². The third-order valence-electron chi connectivity index (χ3n) is 6.27. The molecular formula is C23H31ClN4O2. The molecule has 162 valence electrons. The fourth-order valence-corrected chi connectivity index (χ4v) is 4.56. The summed E-state index contributed by atoms with van der Waals surface area (Å²) >= 11 is 0. The molecule has 0 bridgehead atoms. The molecule has 1 atom stereocenters. The number of nitrogens with zero attached hydrogens (tertiary/aromatic N) is 3. The Kier molecular flexibility index (Phi) is 7.81. The Hall–Kier alpha value is -2.02. The molecule has 2 aliphatic rings. The van der Waals surface area contributed by atoms with Gasteiger partial charge >= 0.3 is 0 Å². The first-order valence-electron chi connectivity index (χ1n) is 10.8. The molecule has 0 saturated carbocycles. The SMILES string of the molecule is Cc1ccnc(C(CC[NH+]2CCOCC2)(C(=O)N2CCCC2)c2ccccn2)c1.[Cl-]. The molecule has 7 heteroatoms. The summed E-state index contributed by atoms with van der Waals surface area (Å²) in [5.74, 6) is 0.152. The van der Waals surface area contributed by atoms with E-state index in [0.29, 0.717) is 6.42 Å². The van der Waals surface area contributed by atoms with Crippen LogP contribution in [-0.4, -0.2) is 66.7 Å². The molecule has 6 nitrogen and oxygen atoms in total. The largest absolute Gasteiger partial charge is 1.00 e. The summed E-state index contributed by atoms with van der Waals surface area (Å²) < 4.78 is 5.52. The standard InChI is InChI=1S/C23H30N4O2.ClH/c1-19-7-10-25-21(18-19)23(20-6-2-3-9-24-20,22(28)27-11-4-5-12-27)8-13-26-14-16-29-17-15-26;/h2-3,6-7,9-10,18H,4-5,8,11-17H2,1H3;1H. The zero-order valence-electron chi connectivity index (χ0n) is 17.6. The molecule has 0 aromatic carbocycles. The Morgan fingerprint density at radius 1 is 1.10 bits per heavy atom. The van der Waals surface area contributed by atoms with Crippen LogP contribution in [0, 0.1) is 6.92 Å². The number of hydrogen-bond acceptors (Lipinski definition) is 4. The van der Waals surface area contributed by atoms with Gasteiger partial charge in [0, 0.05) is 31.9 Å². The van der Waals surface area contributed by atoms with Crippen LogP contribution < -0.4 is 17.3 Å². The molecular weight excluding hydrogens is 400 g/mol. The Morgan fingerprint density at radius 3 is 2.50 bits per heavy atom. The van der Waals surface area contributed by atoms with Gasteiger partial charge in [0.15, 0.2) is 0 Å². The highest BCUT2D eigenvalue weighted by atomic mass is 35.5. The molecule has 0 aliphatic carbocycles. The lowest BCUT2D eigenvalue weighted by Gasteiger charge is -2.36. The van der Waals surface area contributed by atoms with Crippen LogP contribution in [0.25, 0.3) is 0 Å². The van der Waals surface area contributed by atoms with Crippen molar-refractivity contribution in [1.82, 2.24) is 14.9 Å². The second-order valence-corrected chi connectivity index (χ2v) is 8.20. The molecule has 1 unspecified atom stereocenters. The van der Waals surface area contributed by atoms with E-state index >= 15 is 0 Å². The van der Waals surface area contributed by atoms with Crippen LogP contribution in [0.15, 0.2) is 42.7 Å². The molecule has 0 spiro atoms. The second-order valence-electron chi connectivity index (χ2n) is 8.20. The Labute approximate surface area is 185 Å². The van der Waals surface area contributed by atoms with Crippen LogP contribution in [-0.2, 0) is 14.9 Å². The van der Waals surface area contributed by atoms with Crippen LogP contribution in [0.3, 0.4) is 0 Å². The van der Waals surface area contributed by atoms with Crippen LogP contribution in [0.5, 0.6) is 0 Å². The van der Waals surface area contributed by atoms with E-state index in [-0.39, 0.29) is 18.3 Å². The minimum Gasteiger partial charge on any atom is -1.00 e. The van der Waals surface area contributed by atoms with E-state index in [2.05, 4.69) is 13.0 Å². The number of halogens is 1. The van der Waals surface area contributed by atoms with Gasteiger partial charge in [-0.15, -0.1) is 0 Å². The number of aromatic nitrogens is 2. The second kappa shape index (κ2) is 10.3. The topological polar surface area (TPSA) is 59.8 Å². The van der Waals surface area contributed by atoms with E-state index in [1.807, 2.05) is 35.4 Å². The number of aryl methyl sites for hydroxylation is 1. The van der Waals surface area contributed by atoms with Crippen LogP contribution >= 0.6 is 0 Å². The smallest absolute Gasteiger partial charge is 0.241 e. The predicted molar refractivity (Wildman–Crippen MR) is 111 cm³/mol. The molecule has 2 fully saturated rings. The van der Waals surface area contributed by atoms with E-state index in [0.717, 1.165) is 75.7 Å². The van der Waals surface area contributed by atoms with E-state index in [9.17, 15) is 4.79 Å². The van der Waals surface area contributed by atoms with E-state index in [4.69, 9.17) is 14.7 Å². The Bertz CT molecular complexity index is 823. The molecule has 4 heterocycles. The number of amides is 1. The van der Waals surface area contributed by atoms with Crippen molar-refractivity contribution in [2.24, 2.45) is 0 Å². The molecule has 1 amide bonds. The predicted octanol–water partition coefficient (Wildman–Crippen LogP) is -2.00. The summed E-state index contributed by atoms with van der Waals surface area (Å²) in [5.41, 5.74) is 1.90. The number of rotatable bonds is 6. The van der Waals surface area contributed by atoms with E-state index in [1.165, 1.54) is 4.90 Å². The monoisotopic (exact) mass is 430 g/mol. The minimum atomic E-state index is -0.844. The minimum absolute atomic E-state index is 0. The Balaban J connectivity index is 0.00000256. The summed E-state index contributed by atoms with van der Waals surface area (Å²) in [4.78, 5) is 27.0. The average Bonchev–Trinajstić information content (AvgIpc) is 3.31. The van der Waals surface area contributed by atoms with Gasteiger partial charge in [-0.1, -0.05) is 6.07 Å². The molecule has 30 heavy (non-hydrogen) atoms. The number of carbonyl (C=O) groups excluding carboxylic acids is 1. The first kappa shape index (κ1) is 22.7. The van der Waals surface area contributed by atoms with E-state index in [1.54, 1.807) is 6.20 Å². The molecule has 4 rings (SSSR count). The van der Waals surface area contributed by atoms with Crippen molar-refractivity contribution in [2.75, 3.05) is 45.9 Å². The van der Waals surface area contributed by atoms with Gasteiger partial charge < -0.3 is 26.9 Å². The van der Waals surface area contributed by atoms with Gasteiger partial charge in [0.05, 0.1) is 31.1 Å². The fraction of sp³-hybridized carbons (Fsp3) is 0.522. The maximum Gasteiger partial charge on any atom is 0.241 e.